The Kier molecular flexibility index (Phi) is 3.82. The van der Waals surface area contributed by atoms with Gasteiger partial charge in [0.1, 0.15) is 6.04 Å². The van der Waals surface area contributed by atoms with Crippen LogP contribution < -0.4 is 5.43 Å². The van der Waals surface area contributed by atoms with Gasteiger partial charge >= 0.3 is 0 Å². The molecule has 0 radical (unpaired) electrons. The fourth-order valence-corrected chi connectivity index (χ4v) is 3.36. The van der Waals surface area contributed by atoms with Crippen molar-refractivity contribution in [3.63, 3.8) is 0 Å². The third-order valence-corrected chi connectivity index (χ3v) is 4.75. The van der Waals surface area contributed by atoms with Crippen LogP contribution in [0.25, 0.3) is 0 Å². The maximum Gasteiger partial charge on any atom is 0.251 e. The second kappa shape index (κ2) is 6.13. The standard InChI is InChI=1S/C20H21N3O/c1-15-7-9-17(10-8-15)18-13-19-20(24)22(11-12-23(19)21-18)14-16-5-3-2-4-6-16/h2-12,18-19,21H,13-14H2,1H3. The van der Waals surface area contributed by atoms with Crippen LogP contribution in [0.5, 0.6) is 0 Å². The zero-order valence-corrected chi connectivity index (χ0v) is 13.7. The molecule has 2 aliphatic heterocycles. The highest BCUT2D eigenvalue weighted by atomic mass is 16.2. The van der Waals surface area contributed by atoms with Gasteiger partial charge in [-0.2, -0.15) is 0 Å². The fourth-order valence-electron chi connectivity index (χ4n) is 3.36. The molecule has 2 heterocycles. The van der Waals surface area contributed by atoms with Gasteiger partial charge in [-0.05, 0) is 24.5 Å². The quantitative estimate of drug-likeness (QED) is 0.944. The van der Waals surface area contributed by atoms with Crippen LogP contribution in [0.3, 0.4) is 0 Å². The molecule has 122 valence electrons. The van der Waals surface area contributed by atoms with Crippen molar-refractivity contribution in [1.82, 2.24) is 15.3 Å². The van der Waals surface area contributed by atoms with Crippen molar-refractivity contribution in [3.8, 4) is 0 Å². The highest BCUT2D eigenvalue weighted by Gasteiger charge is 2.39. The maximum atomic E-state index is 12.8. The predicted molar refractivity (Wildman–Crippen MR) is 93.4 cm³/mol. The van der Waals surface area contributed by atoms with Crippen molar-refractivity contribution in [2.24, 2.45) is 0 Å². The van der Waals surface area contributed by atoms with E-state index in [1.54, 1.807) is 0 Å². The Morgan fingerprint density at radius 1 is 1.04 bits per heavy atom. The van der Waals surface area contributed by atoms with Gasteiger partial charge in [0, 0.05) is 12.4 Å². The number of amides is 1. The van der Waals surface area contributed by atoms with Crippen LogP contribution in [0.15, 0.2) is 67.0 Å². The average molecular weight is 319 g/mol. The number of hydrazine groups is 1. The molecule has 2 aromatic carbocycles. The van der Waals surface area contributed by atoms with Crippen molar-refractivity contribution >= 4 is 5.91 Å². The molecule has 24 heavy (non-hydrogen) atoms. The number of hydrogen-bond donors (Lipinski definition) is 1. The second-order valence-electron chi connectivity index (χ2n) is 6.50. The van der Waals surface area contributed by atoms with E-state index in [1.165, 1.54) is 11.1 Å². The zero-order chi connectivity index (χ0) is 16.5. The van der Waals surface area contributed by atoms with Gasteiger partial charge in [-0.3, -0.25) is 4.79 Å². The highest BCUT2D eigenvalue weighted by Crippen LogP contribution is 2.31. The SMILES string of the molecule is Cc1ccc(C2CC3C(=O)N(Cc4ccccc4)C=CN3N2)cc1. The molecule has 4 nitrogen and oxygen atoms in total. The molecule has 0 aliphatic carbocycles. The first-order valence-corrected chi connectivity index (χ1v) is 8.34. The summed E-state index contributed by atoms with van der Waals surface area (Å²) in [5.41, 5.74) is 7.06. The largest absolute Gasteiger partial charge is 0.311 e. The monoisotopic (exact) mass is 319 g/mol. The molecule has 1 fully saturated rings. The van der Waals surface area contributed by atoms with Crippen LogP contribution in [0.2, 0.25) is 0 Å². The molecule has 4 heteroatoms. The van der Waals surface area contributed by atoms with Gasteiger partial charge in [-0.15, -0.1) is 0 Å². The molecule has 2 unspecified atom stereocenters. The molecule has 1 saturated heterocycles. The van der Waals surface area contributed by atoms with Gasteiger partial charge in [-0.1, -0.05) is 60.2 Å². The predicted octanol–water partition coefficient (Wildman–Crippen LogP) is 3.13. The van der Waals surface area contributed by atoms with E-state index in [4.69, 9.17) is 0 Å². The van der Waals surface area contributed by atoms with Crippen LogP contribution in [-0.4, -0.2) is 21.9 Å². The molecule has 0 spiro atoms. The summed E-state index contributed by atoms with van der Waals surface area (Å²) < 4.78 is 0. The van der Waals surface area contributed by atoms with Crippen LogP contribution in [0.4, 0.5) is 0 Å². The summed E-state index contributed by atoms with van der Waals surface area (Å²) in [6, 6.07) is 18.7. The Morgan fingerprint density at radius 2 is 1.79 bits per heavy atom. The Bertz CT molecular complexity index is 754. The van der Waals surface area contributed by atoms with Crippen molar-refractivity contribution in [1.29, 1.82) is 0 Å². The number of fused-ring (bicyclic) bond motifs is 1. The highest BCUT2D eigenvalue weighted by molar-refractivity contribution is 5.84. The van der Waals surface area contributed by atoms with Crippen molar-refractivity contribution in [2.45, 2.75) is 32.0 Å². The Balaban J connectivity index is 1.49. The van der Waals surface area contributed by atoms with Crippen LogP contribution >= 0.6 is 0 Å². The smallest absolute Gasteiger partial charge is 0.251 e. The number of nitrogens with one attached hydrogen (secondary N) is 1. The molecule has 4 rings (SSSR count). The summed E-state index contributed by atoms with van der Waals surface area (Å²) in [6.45, 7) is 2.71. The molecule has 0 bridgehead atoms. The maximum absolute atomic E-state index is 12.8. The first kappa shape index (κ1) is 15.0. The number of nitrogens with zero attached hydrogens (tertiary/aromatic N) is 2. The minimum Gasteiger partial charge on any atom is -0.311 e. The van der Waals surface area contributed by atoms with Gasteiger partial charge < -0.3 is 9.91 Å². The van der Waals surface area contributed by atoms with E-state index in [0.29, 0.717) is 6.54 Å². The number of carbonyl (C=O) groups is 1. The summed E-state index contributed by atoms with van der Waals surface area (Å²) in [5.74, 6) is 0.156. The Hall–Kier alpha value is -2.59. The van der Waals surface area contributed by atoms with Crippen molar-refractivity contribution in [2.75, 3.05) is 0 Å². The van der Waals surface area contributed by atoms with E-state index in [-0.39, 0.29) is 18.0 Å². The number of aryl methyl sites for hydroxylation is 1. The van der Waals surface area contributed by atoms with Gasteiger partial charge in [0.05, 0.1) is 12.6 Å². The minimum absolute atomic E-state index is 0.134. The molecule has 1 N–H and O–H groups in total. The molecule has 2 aromatic rings. The molecule has 0 saturated carbocycles. The number of hydrogen-bond acceptors (Lipinski definition) is 3. The normalized spacial score (nSPS) is 22.8. The summed E-state index contributed by atoms with van der Waals surface area (Å²) in [5, 5.41) is 1.95. The molecular weight excluding hydrogens is 298 g/mol. The molecule has 1 amide bonds. The fraction of sp³-hybridized carbons (Fsp3) is 0.250. The first-order valence-electron chi connectivity index (χ1n) is 8.34. The lowest BCUT2D eigenvalue weighted by Crippen LogP contribution is -2.47. The first-order chi connectivity index (χ1) is 11.7. The molecule has 2 aliphatic rings. The van der Waals surface area contributed by atoms with E-state index in [1.807, 2.05) is 40.5 Å². The van der Waals surface area contributed by atoms with Crippen LogP contribution in [-0.2, 0) is 11.3 Å². The van der Waals surface area contributed by atoms with Crippen molar-refractivity contribution < 1.29 is 4.79 Å². The lowest BCUT2D eigenvalue weighted by Gasteiger charge is -2.31. The van der Waals surface area contributed by atoms with E-state index >= 15 is 0 Å². The topological polar surface area (TPSA) is 35.6 Å². The zero-order valence-electron chi connectivity index (χ0n) is 13.7. The summed E-state index contributed by atoms with van der Waals surface area (Å²) >= 11 is 0. The van der Waals surface area contributed by atoms with Gasteiger partial charge in [0.15, 0.2) is 0 Å². The van der Waals surface area contributed by atoms with Gasteiger partial charge in [0.2, 0.25) is 0 Å². The lowest BCUT2D eigenvalue weighted by atomic mass is 10.00. The number of rotatable bonds is 3. The summed E-state index contributed by atoms with van der Waals surface area (Å²) in [4.78, 5) is 14.7. The third-order valence-electron chi connectivity index (χ3n) is 4.75. The second-order valence-corrected chi connectivity index (χ2v) is 6.50. The van der Waals surface area contributed by atoms with Crippen LogP contribution in [0, 0.1) is 6.92 Å². The Labute approximate surface area is 142 Å². The van der Waals surface area contributed by atoms with E-state index in [9.17, 15) is 4.79 Å². The average Bonchev–Trinajstić information content (AvgIpc) is 3.04. The van der Waals surface area contributed by atoms with E-state index in [2.05, 4.69) is 48.7 Å². The molecule has 0 aromatic heterocycles. The minimum atomic E-state index is -0.134. The van der Waals surface area contributed by atoms with E-state index in [0.717, 1.165) is 12.0 Å². The Morgan fingerprint density at radius 3 is 2.54 bits per heavy atom. The van der Waals surface area contributed by atoms with Gasteiger partial charge in [-0.25, -0.2) is 5.43 Å². The van der Waals surface area contributed by atoms with Crippen molar-refractivity contribution in [3.05, 3.63) is 83.7 Å². The lowest BCUT2D eigenvalue weighted by molar-refractivity contribution is -0.134. The van der Waals surface area contributed by atoms with Gasteiger partial charge in [0.25, 0.3) is 5.91 Å². The third kappa shape index (κ3) is 2.81. The summed E-state index contributed by atoms with van der Waals surface area (Å²) in [6.07, 6.45) is 4.64. The number of carbonyl (C=O) groups excluding carboxylic acids is 1. The number of benzene rings is 2. The van der Waals surface area contributed by atoms with E-state index < -0.39 is 0 Å². The molecule has 2 atom stereocenters. The molecular formula is C20H21N3O. The van der Waals surface area contributed by atoms with Crippen LogP contribution in [0.1, 0.15) is 29.2 Å². The summed E-state index contributed by atoms with van der Waals surface area (Å²) in [7, 11) is 0.